The number of rotatable bonds is 3. The summed E-state index contributed by atoms with van der Waals surface area (Å²) in [7, 11) is 0. The highest BCUT2D eigenvalue weighted by atomic mass is 79.9. The molecule has 0 aliphatic heterocycles. The maximum atomic E-state index is 9.52. The van der Waals surface area contributed by atoms with Crippen LogP contribution in [0.5, 0.6) is 5.75 Å². The summed E-state index contributed by atoms with van der Waals surface area (Å²) in [5, 5.41) is 13.6. The fourth-order valence-corrected chi connectivity index (χ4v) is 2.76. The number of hydrogen-bond donors (Lipinski definition) is 2. The van der Waals surface area contributed by atoms with Crippen LogP contribution in [0, 0.1) is 6.92 Å². The second-order valence-electron chi connectivity index (χ2n) is 4.53. The predicted molar refractivity (Wildman–Crippen MR) is 84.0 cm³/mol. The zero-order valence-electron chi connectivity index (χ0n) is 10.7. The molecular formula is C15H15BrClNO. The summed E-state index contributed by atoms with van der Waals surface area (Å²) >= 11 is 9.63. The van der Waals surface area contributed by atoms with Crippen molar-refractivity contribution in [3.63, 3.8) is 0 Å². The lowest BCUT2D eigenvalue weighted by Crippen LogP contribution is -2.07. The number of halogens is 2. The molecule has 0 spiro atoms. The Morgan fingerprint density at radius 1 is 1.21 bits per heavy atom. The van der Waals surface area contributed by atoms with Crippen molar-refractivity contribution >= 4 is 33.2 Å². The van der Waals surface area contributed by atoms with Crippen LogP contribution in [0.1, 0.15) is 24.1 Å². The first-order chi connectivity index (χ1) is 8.97. The van der Waals surface area contributed by atoms with Gasteiger partial charge in [-0.1, -0.05) is 33.6 Å². The van der Waals surface area contributed by atoms with Crippen molar-refractivity contribution in [1.29, 1.82) is 0 Å². The maximum absolute atomic E-state index is 9.52. The quantitative estimate of drug-likeness (QED) is 0.744. The molecule has 0 saturated carbocycles. The molecule has 0 aromatic heterocycles. The molecule has 1 unspecified atom stereocenters. The van der Waals surface area contributed by atoms with Gasteiger partial charge in [0.15, 0.2) is 0 Å². The van der Waals surface area contributed by atoms with E-state index in [-0.39, 0.29) is 6.04 Å². The Kier molecular flexibility index (Phi) is 4.38. The highest BCUT2D eigenvalue weighted by Gasteiger charge is 2.10. The molecule has 1 atom stereocenters. The van der Waals surface area contributed by atoms with Crippen LogP contribution in [0.4, 0.5) is 5.69 Å². The first-order valence-electron chi connectivity index (χ1n) is 5.98. The summed E-state index contributed by atoms with van der Waals surface area (Å²) in [4.78, 5) is 0. The van der Waals surface area contributed by atoms with Crippen LogP contribution >= 0.6 is 27.5 Å². The van der Waals surface area contributed by atoms with Crippen LogP contribution in [-0.2, 0) is 0 Å². The number of aromatic hydroxyl groups is 1. The Hall–Kier alpha value is -1.19. The van der Waals surface area contributed by atoms with Gasteiger partial charge >= 0.3 is 0 Å². The molecule has 100 valence electrons. The lowest BCUT2D eigenvalue weighted by Gasteiger charge is -2.18. The van der Waals surface area contributed by atoms with Crippen molar-refractivity contribution in [1.82, 2.24) is 0 Å². The monoisotopic (exact) mass is 339 g/mol. The van der Waals surface area contributed by atoms with E-state index in [1.165, 1.54) is 0 Å². The molecule has 2 nitrogen and oxygen atoms in total. The van der Waals surface area contributed by atoms with Crippen LogP contribution < -0.4 is 5.32 Å². The molecule has 0 amide bonds. The normalized spacial score (nSPS) is 12.2. The van der Waals surface area contributed by atoms with E-state index in [2.05, 4.69) is 28.2 Å². The van der Waals surface area contributed by atoms with E-state index in [0.717, 1.165) is 26.3 Å². The third-order valence-electron chi connectivity index (χ3n) is 3.01. The molecule has 2 N–H and O–H groups in total. The van der Waals surface area contributed by atoms with Gasteiger partial charge in [0.25, 0.3) is 0 Å². The Morgan fingerprint density at radius 2 is 1.95 bits per heavy atom. The fraction of sp³-hybridized carbons (Fsp3) is 0.200. The van der Waals surface area contributed by atoms with E-state index < -0.39 is 0 Å². The number of aryl methyl sites for hydroxylation is 1. The van der Waals surface area contributed by atoms with Gasteiger partial charge in [0.2, 0.25) is 0 Å². The Bertz CT molecular complexity index is 601. The van der Waals surface area contributed by atoms with Crippen molar-refractivity contribution in [3.8, 4) is 5.75 Å². The summed E-state index contributed by atoms with van der Waals surface area (Å²) in [6.07, 6.45) is 0. The zero-order valence-corrected chi connectivity index (χ0v) is 13.1. The third kappa shape index (κ3) is 3.43. The van der Waals surface area contributed by atoms with Gasteiger partial charge in [-0.15, -0.1) is 0 Å². The van der Waals surface area contributed by atoms with Crippen LogP contribution in [0.15, 0.2) is 40.9 Å². The molecule has 2 aromatic carbocycles. The molecule has 19 heavy (non-hydrogen) atoms. The first kappa shape index (κ1) is 14.2. The van der Waals surface area contributed by atoms with E-state index in [0.29, 0.717) is 5.75 Å². The van der Waals surface area contributed by atoms with Gasteiger partial charge < -0.3 is 10.4 Å². The predicted octanol–water partition coefficient (Wildman–Crippen LogP) is 5.29. The van der Waals surface area contributed by atoms with E-state index in [4.69, 9.17) is 11.6 Å². The van der Waals surface area contributed by atoms with Crippen LogP contribution in [0.25, 0.3) is 0 Å². The average Bonchev–Trinajstić information content (AvgIpc) is 2.33. The minimum atomic E-state index is 0.0875. The molecule has 0 bridgehead atoms. The molecule has 0 heterocycles. The van der Waals surface area contributed by atoms with Crippen molar-refractivity contribution in [2.45, 2.75) is 19.9 Å². The van der Waals surface area contributed by atoms with E-state index in [1.807, 2.05) is 37.3 Å². The van der Waals surface area contributed by atoms with Crippen molar-refractivity contribution in [3.05, 3.63) is 57.0 Å². The van der Waals surface area contributed by atoms with Crippen LogP contribution in [-0.4, -0.2) is 5.11 Å². The molecule has 4 heteroatoms. The molecular weight excluding hydrogens is 326 g/mol. The smallest absolute Gasteiger partial charge is 0.118 e. The number of hydrogen-bond acceptors (Lipinski definition) is 2. The fourth-order valence-electron chi connectivity index (χ4n) is 1.93. The van der Waals surface area contributed by atoms with Gasteiger partial charge in [0.05, 0.1) is 0 Å². The summed E-state index contributed by atoms with van der Waals surface area (Å²) in [6.45, 7) is 3.93. The largest absolute Gasteiger partial charge is 0.508 e. The highest BCUT2D eigenvalue weighted by Crippen LogP contribution is 2.29. The van der Waals surface area contributed by atoms with Gasteiger partial charge in [-0.2, -0.15) is 0 Å². The summed E-state index contributed by atoms with van der Waals surface area (Å²) in [5.41, 5.74) is 2.84. The number of benzene rings is 2. The molecule has 0 radical (unpaired) electrons. The summed E-state index contributed by atoms with van der Waals surface area (Å²) < 4.78 is 0.967. The number of phenols is 1. The summed E-state index contributed by atoms with van der Waals surface area (Å²) in [5.74, 6) is 0.305. The Balaban J connectivity index is 2.20. The summed E-state index contributed by atoms with van der Waals surface area (Å²) in [6, 6.07) is 11.4. The second kappa shape index (κ2) is 5.85. The van der Waals surface area contributed by atoms with E-state index >= 15 is 0 Å². The topological polar surface area (TPSA) is 32.3 Å². The molecule has 0 aliphatic rings. The standard InChI is InChI=1S/C15H15BrClNO/c1-9-7-12(4-6-15(9)19)18-10(2)13-5-3-11(16)8-14(13)17/h3-8,10,18-19H,1-2H3. The minimum Gasteiger partial charge on any atom is -0.508 e. The van der Waals surface area contributed by atoms with Gasteiger partial charge in [0.1, 0.15) is 5.75 Å². The molecule has 2 aromatic rings. The molecule has 0 saturated heterocycles. The Labute approximate surface area is 126 Å². The Morgan fingerprint density at radius 3 is 2.58 bits per heavy atom. The minimum absolute atomic E-state index is 0.0875. The van der Waals surface area contributed by atoms with Crippen molar-refractivity contribution < 1.29 is 5.11 Å². The molecule has 0 aliphatic carbocycles. The lowest BCUT2D eigenvalue weighted by atomic mass is 10.1. The number of anilines is 1. The zero-order chi connectivity index (χ0) is 14.0. The maximum Gasteiger partial charge on any atom is 0.118 e. The van der Waals surface area contributed by atoms with Gasteiger partial charge in [0, 0.05) is 21.2 Å². The SMILES string of the molecule is Cc1cc(NC(C)c2ccc(Br)cc2Cl)ccc1O. The highest BCUT2D eigenvalue weighted by molar-refractivity contribution is 9.10. The van der Waals surface area contributed by atoms with Crippen LogP contribution in [0.2, 0.25) is 5.02 Å². The van der Waals surface area contributed by atoms with Gasteiger partial charge in [-0.25, -0.2) is 0 Å². The number of nitrogens with one attached hydrogen (secondary N) is 1. The number of phenolic OH excluding ortho intramolecular Hbond substituents is 1. The van der Waals surface area contributed by atoms with E-state index in [9.17, 15) is 5.11 Å². The van der Waals surface area contributed by atoms with Crippen molar-refractivity contribution in [2.24, 2.45) is 0 Å². The molecule has 0 fully saturated rings. The second-order valence-corrected chi connectivity index (χ2v) is 5.86. The van der Waals surface area contributed by atoms with Crippen molar-refractivity contribution in [2.75, 3.05) is 5.32 Å². The first-order valence-corrected chi connectivity index (χ1v) is 7.15. The van der Waals surface area contributed by atoms with Gasteiger partial charge in [-0.05, 0) is 55.3 Å². The molecule has 2 rings (SSSR count). The lowest BCUT2D eigenvalue weighted by molar-refractivity contribution is 0.471. The van der Waals surface area contributed by atoms with Gasteiger partial charge in [-0.3, -0.25) is 0 Å². The van der Waals surface area contributed by atoms with Crippen LogP contribution in [0.3, 0.4) is 0 Å². The average molecular weight is 341 g/mol. The van der Waals surface area contributed by atoms with E-state index in [1.54, 1.807) is 6.07 Å². The third-order valence-corrected chi connectivity index (χ3v) is 3.83.